The van der Waals surface area contributed by atoms with Crippen LogP contribution < -0.4 is 0 Å². The molecule has 0 aromatic carbocycles. The first kappa shape index (κ1) is 10.6. The summed E-state index contributed by atoms with van der Waals surface area (Å²) in [6.07, 6.45) is -0.357. The fourth-order valence-electron chi connectivity index (χ4n) is 1.83. The van der Waals surface area contributed by atoms with Gasteiger partial charge in [-0.3, -0.25) is 0 Å². The minimum absolute atomic E-state index is 0.0762. The van der Waals surface area contributed by atoms with Crippen LogP contribution >= 0.6 is 0 Å². The van der Waals surface area contributed by atoms with Gasteiger partial charge in [-0.25, -0.2) is 0 Å². The van der Waals surface area contributed by atoms with Crippen molar-refractivity contribution < 1.29 is 24.1 Å². The third-order valence-electron chi connectivity index (χ3n) is 2.33. The number of fused-ring (bicyclic) bond motifs is 1. The maximum Gasteiger partial charge on any atom is 0.294 e. The molecule has 15 heavy (non-hydrogen) atoms. The highest BCUT2D eigenvalue weighted by atomic mass is 17.0. The quantitative estimate of drug-likeness (QED) is 0.506. The highest BCUT2D eigenvalue weighted by Gasteiger charge is 2.48. The molecular formula is C8H13NO6. The van der Waals surface area contributed by atoms with Crippen LogP contribution in [0, 0.1) is 10.1 Å². The smallest absolute Gasteiger partial charge is 0.294 e. The Labute approximate surface area is 86.3 Å². The third-order valence-corrected chi connectivity index (χ3v) is 2.33. The number of nitrogens with zero attached hydrogens (tertiary/aromatic N) is 1. The molecule has 86 valence electrons. The van der Waals surface area contributed by atoms with Crippen LogP contribution in [0.2, 0.25) is 0 Å². The molecule has 3 atom stereocenters. The number of hydrogen-bond donors (Lipinski definition) is 0. The molecule has 7 nitrogen and oxygen atoms in total. The van der Waals surface area contributed by atoms with Crippen LogP contribution in [0.15, 0.2) is 0 Å². The lowest BCUT2D eigenvalue weighted by Gasteiger charge is -2.19. The molecule has 0 aromatic heterocycles. The topological polar surface area (TPSA) is 80.1 Å². The fourth-order valence-corrected chi connectivity index (χ4v) is 1.83. The Morgan fingerprint density at radius 3 is 2.87 bits per heavy atom. The largest absolute Gasteiger partial charge is 0.344 e. The van der Waals surface area contributed by atoms with Gasteiger partial charge in [-0.1, -0.05) is 0 Å². The van der Waals surface area contributed by atoms with Gasteiger partial charge < -0.3 is 19.0 Å². The molecule has 1 unspecified atom stereocenters. The fraction of sp³-hybridized carbons (Fsp3) is 1.00. The van der Waals surface area contributed by atoms with Crippen molar-refractivity contribution in [2.24, 2.45) is 0 Å². The molecule has 0 N–H and O–H groups in total. The second-order valence-corrected chi connectivity index (χ2v) is 4.06. The maximum absolute atomic E-state index is 9.97. The molecule has 0 spiro atoms. The van der Waals surface area contributed by atoms with Gasteiger partial charge in [-0.15, -0.1) is 10.1 Å². The molecule has 2 fully saturated rings. The van der Waals surface area contributed by atoms with E-state index >= 15 is 0 Å². The van der Waals surface area contributed by atoms with Crippen LogP contribution in [0.4, 0.5) is 0 Å². The Balaban J connectivity index is 1.81. The van der Waals surface area contributed by atoms with Crippen LogP contribution in [0.1, 0.15) is 20.3 Å². The Morgan fingerprint density at radius 1 is 1.53 bits per heavy atom. The minimum atomic E-state index is -0.830. The maximum atomic E-state index is 9.97. The second kappa shape index (κ2) is 3.58. The van der Waals surface area contributed by atoms with E-state index in [0.29, 0.717) is 6.42 Å². The van der Waals surface area contributed by atoms with Crippen molar-refractivity contribution in [1.82, 2.24) is 0 Å². The first-order valence-corrected chi connectivity index (χ1v) is 4.75. The lowest BCUT2D eigenvalue weighted by molar-refractivity contribution is -0.759. The molecule has 0 aliphatic carbocycles. The number of ether oxygens (including phenoxy) is 3. The third kappa shape index (κ3) is 2.36. The van der Waals surface area contributed by atoms with Gasteiger partial charge in [0, 0.05) is 6.42 Å². The molecule has 2 heterocycles. The Hall–Kier alpha value is -0.920. The summed E-state index contributed by atoms with van der Waals surface area (Å²) in [5.74, 6) is -0.635. The Morgan fingerprint density at radius 2 is 2.27 bits per heavy atom. The van der Waals surface area contributed by atoms with Gasteiger partial charge in [-0.2, -0.15) is 0 Å². The van der Waals surface area contributed by atoms with Crippen LogP contribution in [0.5, 0.6) is 0 Å². The van der Waals surface area contributed by atoms with E-state index in [0.717, 1.165) is 0 Å². The first-order valence-electron chi connectivity index (χ1n) is 4.75. The summed E-state index contributed by atoms with van der Waals surface area (Å²) in [5.41, 5.74) is 0. The molecule has 0 saturated carbocycles. The number of rotatable bonds is 3. The molecular weight excluding hydrogens is 206 g/mol. The van der Waals surface area contributed by atoms with Gasteiger partial charge in [0.05, 0.1) is 6.10 Å². The van der Waals surface area contributed by atoms with Gasteiger partial charge in [0.1, 0.15) is 12.7 Å². The van der Waals surface area contributed by atoms with E-state index in [2.05, 4.69) is 4.84 Å². The average molecular weight is 219 g/mol. The Kier molecular flexibility index (Phi) is 2.53. The predicted molar refractivity (Wildman–Crippen MR) is 46.3 cm³/mol. The molecule has 0 bridgehead atoms. The highest BCUT2D eigenvalue weighted by Crippen LogP contribution is 2.36. The van der Waals surface area contributed by atoms with Gasteiger partial charge in [0.25, 0.3) is 5.09 Å². The van der Waals surface area contributed by atoms with Gasteiger partial charge in [-0.05, 0) is 13.8 Å². The average Bonchev–Trinajstić information content (AvgIpc) is 2.53. The molecule has 2 aliphatic heterocycles. The second-order valence-electron chi connectivity index (χ2n) is 4.06. The zero-order valence-corrected chi connectivity index (χ0v) is 8.54. The Bertz CT molecular complexity index is 252. The van der Waals surface area contributed by atoms with E-state index in [9.17, 15) is 10.1 Å². The van der Waals surface area contributed by atoms with E-state index in [1.165, 1.54) is 0 Å². The standard InChI is InChI=1S/C8H13NO6/c1-8(2)14-6-3-5(4-12-9(10)11)13-7(6)15-8/h5-7H,3-4H2,1-2H3/t5-,6?,7-/m0/s1. The van der Waals surface area contributed by atoms with Crippen LogP contribution in [-0.2, 0) is 19.0 Å². The summed E-state index contributed by atoms with van der Waals surface area (Å²) in [5, 5.41) is 9.14. The van der Waals surface area contributed by atoms with Crippen LogP contribution in [0.3, 0.4) is 0 Å². The van der Waals surface area contributed by atoms with Crippen molar-refractivity contribution in [3.63, 3.8) is 0 Å². The molecule has 7 heteroatoms. The molecule has 0 radical (unpaired) electrons. The lowest BCUT2D eigenvalue weighted by Crippen LogP contribution is -2.26. The molecule has 2 rings (SSSR count). The molecule has 2 aliphatic rings. The van der Waals surface area contributed by atoms with E-state index in [-0.39, 0.29) is 18.8 Å². The molecule has 2 saturated heterocycles. The predicted octanol–water partition coefficient (Wildman–Crippen LogP) is 0.461. The summed E-state index contributed by atoms with van der Waals surface area (Å²) in [6, 6.07) is 0. The van der Waals surface area contributed by atoms with Crippen molar-refractivity contribution >= 4 is 0 Å². The van der Waals surface area contributed by atoms with E-state index in [1.807, 2.05) is 0 Å². The summed E-state index contributed by atoms with van der Waals surface area (Å²) >= 11 is 0. The van der Waals surface area contributed by atoms with Gasteiger partial charge in [0.2, 0.25) is 0 Å². The summed E-state index contributed by atoms with van der Waals surface area (Å²) < 4.78 is 16.4. The van der Waals surface area contributed by atoms with E-state index in [4.69, 9.17) is 14.2 Å². The summed E-state index contributed by atoms with van der Waals surface area (Å²) in [7, 11) is 0. The SMILES string of the molecule is CC1(C)OC2C[C@@H](CO[N+](=O)[O-])O[C@H]2O1. The lowest BCUT2D eigenvalue weighted by atomic mass is 10.2. The normalized spacial score (nSPS) is 37.6. The highest BCUT2D eigenvalue weighted by molar-refractivity contribution is 4.84. The van der Waals surface area contributed by atoms with Gasteiger partial charge in [0.15, 0.2) is 12.1 Å². The van der Waals surface area contributed by atoms with Crippen molar-refractivity contribution in [2.75, 3.05) is 6.61 Å². The van der Waals surface area contributed by atoms with Crippen molar-refractivity contribution in [1.29, 1.82) is 0 Å². The molecule has 0 amide bonds. The zero-order chi connectivity index (χ0) is 11.1. The van der Waals surface area contributed by atoms with Crippen molar-refractivity contribution in [3.8, 4) is 0 Å². The first-order chi connectivity index (χ1) is 6.96. The summed E-state index contributed by atoms with van der Waals surface area (Å²) in [6.45, 7) is 3.53. The number of hydrogen-bond acceptors (Lipinski definition) is 6. The zero-order valence-electron chi connectivity index (χ0n) is 8.54. The van der Waals surface area contributed by atoms with E-state index < -0.39 is 17.2 Å². The van der Waals surface area contributed by atoms with Crippen LogP contribution in [0.25, 0.3) is 0 Å². The van der Waals surface area contributed by atoms with Gasteiger partial charge >= 0.3 is 0 Å². The van der Waals surface area contributed by atoms with Crippen molar-refractivity contribution in [3.05, 3.63) is 10.1 Å². The van der Waals surface area contributed by atoms with E-state index in [1.54, 1.807) is 13.8 Å². The monoisotopic (exact) mass is 219 g/mol. The molecule has 0 aromatic rings. The van der Waals surface area contributed by atoms with Crippen molar-refractivity contribution in [2.45, 2.75) is 44.6 Å². The van der Waals surface area contributed by atoms with Crippen LogP contribution in [-0.4, -0.2) is 36.0 Å². The summed E-state index contributed by atoms with van der Waals surface area (Å²) in [4.78, 5) is 14.2. The minimum Gasteiger partial charge on any atom is -0.344 e.